The molecule has 2 heterocycles. The Morgan fingerprint density at radius 1 is 1.25 bits per heavy atom. The number of nitrogens with zero attached hydrogens (tertiary/aromatic N) is 2. The van der Waals surface area contributed by atoms with Crippen LogP contribution in [0.3, 0.4) is 0 Å². The van der Waals surface area contributed by atoms with Crippen LogP contribution >= 0.6 is 0 Å². The van der Waals surface area contributed by atoms with Gasteiger partial charge in [0.1, 0.15) is 0 Å². The summed E-state index contributed by atoms with van der Waals surface area (Å²) < 4.78 is 52.4. The normalized spacial score (nSPS) is 22.7. The molecule has 2 unspecified atom stereocenters. The third-order valence-electron chi connectivity index (χ3n) is 5.05. The number of rotatable bonds is 5. The van der Waals surface area contributed by atoms with Crippen LogP contribution in [0.1, 0.15) is 18.4 Å². The average molecular weight is 399 g/mol. The monoisotopic (exact) mass is 399 g/mol. The van der Waals surface area contributed by atoms with E-state index in [9.17, 15) is 27.8 Å². The maximum Gasteiger partial charge on any atom is 0.240 e. The minimum Gasteiger partial charge on any atom is -0.392 e. The first-order valence-corrected chi connectivity index (χ1v) is 8.79. The van der Waals surface area contributed by atoms with Gasteiger partial charge >= 0.3 is 0 Å². The fraction of sp³-hybridized carbons (Fsp3) is 0.421. The summed E-state index contributed by atoms with van der Waals surface area (Å²) in [7, 11) is 0. The molecule has 1 saturated heterocycles. The number of pyridine rings is 1. The number of aliphatic hydroxyl groups excluding tert-OH is 2. The smallest absolute Gasteiger partial charge is 0.240 e. The van der Waals surface area contributed by atoms with Crippen LogP contribution in [0, 0.1) is 11.6 Å². The third kappa shape index (κ3) is 4.11. The Morgan fingerprint density at radius 3 is 2.64 bits per heavy atom. The van der Waals surface area contributed by atoms with Crippen molar-refractivity contribution in [2.24, 2.45) is 5.73 Å². The van der Waals surface area contributed by atoms with Gasteiger partial charge in [-0.1, -0.05) is 0 Å². The first-order valence-electron chi connectivity index (χ1n) is 8.79. The molecule has 1 aliphatic heterocycles. The predicted octanol–water partition coefficient (Wildman–Crippen LogP) is 2.44. The van der Waals surface area contributed by atoms with E-state index in [0.29, 0.717) is 29.1 Å². The number of benzene rings is 1. The molecular weight excluding hydrogens is 378 g/mol. The van der Waals surface area contributed by atoms with Gasteiger partial charge in [-0.25, -0.2) is 17.6 Å². The summed E-state index contributed by atoms with van der Waals surface area (Å²) >= 11 is 0. The zero-order valence-electron chi connectivity index (χ0n) is 15.0. The van der Waals surface area contributed by atoms with Crippen LogP contribution in [0.15, 0.2) is 30.5 Å². The first kappa shape index (κ1) is 20.5. The van der Waals surface area contributed by atoms with Crippen molar-refractivity contribution in [2.75, 3.05) is 18.0 Å². The number of piperidine rings is 1. The summed E-state index contributed by atoms with van der Waals surface area (Å²) in [6.07, 6.45) is -2.75. The number of nitrogens with two attached hydrogens (primary N) is 1. The Balaban J connectivity index is 1.91. The van der Waals surface area contributed by atoms with Crippen LogP contribution in [0.4, 0.5) is 23.2 Å². The van der Waals surface area contributed by atoms with E-state index in [1.807, 2.05) is 0 Å². The Bertz CT molecular complexity index is 852. The standard InChI is InChI=1S/C19H21F4N3O2/c20-13-2-1-11(5-14(13)21)15-6-12(9-27)16(8-25-15)26-4-3-17(28)19(24,10-26)7-18(22)23/h1-2,5-6,8,17-18,27-28H,3-4,7,9-10,24H2. The van der Waals surface area contributed by atoms with E-state index in [-0.39, 0.29) is 19.6 Å². The summed E-state index contributed by atoms with van der Waals surface area (Å²) in [6.45, 7) is -0.0553. The molecule has 28 heavy (non-hydrogen) atoms. The highest BCUT2D eigenvalue weighted by molar-refractivity contribution is 5.65. The van der Waals surface area contributed by atoms with E-state index in [1.165, 1.54) is 18.3 Å². The molecule has 152 valence electrons. The van der Waals surface area contributed by atoms with Crippen LogP contribution in [-0.4, -0.2) is 46.4 Å². The van der Waals surface area contributed by atoms with Crippen LogP contribution in [0.5, 0.6) is 0 Å². The van der Waals surface area contributed by atoms with Crippen molar-refractivity contribution in [3.8, 4) is 11.3 Å². The van der Waals surface area contributed by atoms with Crippen LogP contribution in [0.2, 0.25) is 0 Å². The van der Waals surface area contributed by atoms with Gasteiger partial charge in [0.05, 0.1) is 35.8 Å². The van der Waals surface area contributed by atoms with E-state index in [4.69, 9.17) is 5.73 Å². The Hall–Kier alpha value is -2.23. The van der Waals surface area contributed by atoms with Crippen molar-refractivity contribution in [2.45, 2.75) is 37.5 Å². The summed E-state index contributed by atoms with van der Waals surface area (Å²) in [5, 5.41) is 19.9. The summed E-state index contributed by atoms with van der Waals surface area (Å²) in [4.78, 5) is 5.93. The van der Waals surface area contributed by atoms with E-state index >= 15 is 0 Å². The third-order valence-corrected chi connectivity index (χ3v) is 5.05. The van der Waals surface area contributed by atoms with Gasteiger partial charge in [0, 0.05) is 30.6 Å². The molecule has 0 amide bonds. The number of hydrogen-bond acceptors (Lipinski definition) is 5. The highest BCUT2D eigenvalue weighted by Gasteiger charge is 2.42. The quantitative estimate of drug-likeness (QED) is 0.673. The van der Waals surface area contributed by atoms with E-state index in [1.54, 1.807) is 4.90 Å². The van der Waals surface area contributed by atoms with Gasteiger partial charge in [0.15, 0.2) is 11.6 Å². The minimum atomic E-state index is -2.66. The van der Waals surface area contributed by atoms with Gasteiger partial charge in [-0.15, -0.1) is 0 Å². The fourth-order valence-electron chi connectivity index (χ4n) is 3.51. The van der Waals surface area contributed by atoms with Gasteiger partial charge in [-0.3, -0.25) is 4.98 Å². The number of aromatic nitrogens is 1. The largest absolute Gasteiger partial charge is 0.392 e. The molecule has 5 nitrogen and oxygen atoms in total. The number of hydrogen-bond donors (Lipinski definition) is 3. The SMILES string of the molecule is NC1(CC(F)F)CN(c2cnc(-c3ccc(F)c(F)c3)cc2CO)CCC1O. The average Bonchev–Trinajstić information content (AvgIpc) is 2.65. The summed E-state index contributed by atoms with van der Waals surface area (Å²) in [5.74, 6) is -1.99. The van der Waals surface area contributed by atoms with Gasteiger partial charge in [-0.2, -0.15) is 0 Å². The molecule has 0 aliphatic carbocycles. The van der Waals surface area contributed by atoms with E-state index < -0.39 is 36.1 Å². The molecule has 1 aromatic carbocycles. The number of halogens is 4. The zero-order valence-corrected chi connectivity index (χ0v) is 15.0. The molecule has 1 aliphatic rings. The second-order valence-electron chi connectivity index (χ2n) is 7.04. The lowest BCUT2D eigenvalue weighted by Gasteiger charge is -2.45. The molecule has 0 radical (unpaired) electrons. The second kappa shape index (κ2) is 8.02. The summed E-state index contributed by atoms with van der Waals surface area (Å²) in [5.41, 5.74) is 6.14. The molecule has 0 saturated carbocycles. The van der Waals surface area contributed by atoms with Crippen molar-refractivity contribution >= 4 is 5.69 Å². The van der Waals surface area contributed by atoms with Crippen LogP contribution in [-0.2, 0) is 6.61 Å². The predicted molar refractivity (Wildman–Crippen MR) is 95.9 cm³/mol. The molecule has 3 rings (SSSR count). The van der Waals surface area contributed by atoms with Crippen molar-refractivity contribution in [1.29, 1.82) is 0 Å². The maximum atomic E-state index is 13.5. The van der Waals surface area contributed by atoms with E-state index in [0.717, 1.165) is 12.1 Å². The topological polar surface area (TPSA) is 82.6 Å². The Labute approximate surface area is 159 Å². The van der Waals surface area contributed by atoms with Gasteiger partial charge in [-0.05, 0) is 30.7 Å². The van der Waals surface area contributed by atoms with Gasteiger partial charge < -0.3 is 20.8 Å². The first-order chi connectivity index (χ1) is 13.2. The maximum absolute atomic E-state index is 13.5. The van der Waals surface area contributed by atoms with Crippen LogP contribution in [0.25, 0.3) is 11.3 Å². The van der Waals surface area contributed by atoms with Gasteiger partial charge in [0.25, 0.3) is 0 Å². The lowest BCUT2D eigenvalue weighted by molar-refractivity contribution is 0.0174. The highest BCUT2D eigenvalue weighted by atomic mass is 19.3. The van der Waals surface area contributed by atoms with Crippen molar-refractivity contribution < 1.29 is 27.8 Å². The zero-order chi connectivity index (χ0) is 20.5. The number of alkyl halides is 2. The lowest BCUT2D eigenvalue weighted by Crippen LogP contribution is -2.63. The molecule has 1 fully saturated rings. The molecule has 2 atom stereocenters. The molecule has 4 N–H and O–H groups in total. The lowest BCUT2D eigenvalue weighted by atomic mass is 9.84. The number of anilines is 1. The molecular formula is C19H21F4N3O2. The molecule has 2 aromatic rings. The Morgan fingerprint density at radius 2 is 2.00 bits per heavy atom. The molecule has 9 heteroatoms. The minimum absolute atomic E-state index is 0.0300. The van der Waals surface area contributed by atoms with E-state index in [2.05, 4.69) is 4.98 Å². The Kier molecular flexibility index (Phi) is 5.87. The molecule has 1 aromatic heterocycles. The second-order valence-corrected chi connectivity index (χ2v) is 7.04. The van der Waals surface area contributed by atoms with Crippen molar-refractivity contribution in [3.05, 3.63) is 47.7 Å². The van der Waals surface area contributed by atoms with Gasteiger partial charge in [0.2, 0.25) is 6.43 Å². The molecule has 0 spiro atoms. The van der Waals surface area contributed by atoms with Crippen molar-refractivity contribution in [3.63, 3.8) is 0 Å². The van der Waals surface area contributed by atoms with Crippen molar-refractivity contribution in [1.82, 2.24) is 4.98 Å². The highest BCUT2D eigenvalue weighted by Crippen LogP contribution is 2.32. The van der Waals surface area contributed by atoms with Crippen LogP contribution < -0.4 is 10.6 Å². The molecule has 0 bridgehead atoms. The summed E-state index contributed by atoms with van der Waals surface area (Å²) in [6, 6.07) is 4.88. The fourth-order valence-corrected chi connectivity index (χ4v) is 3.51. The number of aliphatic hydroxyl groups is 2.